The maximum atomic E-state index is 12.0. The van der Waals surface area contributed by atoms with Crippen LogP contribution in [-0.4, -0.2) is 5.91 Å². The van der Waals surface area contributed by atoms with E-state index < -0.39 is 0 Å². The van der Waals surface area contributed by atoms with E-state index in [0.717, 1.165) is 27.9 Å². The molecule has 1 N–H and O–H groups in total. The Balaban J connectivity index is 2.16. The van der Waals surface area contributed by atoms with Gasteiger partial charge in [0.15, 0.2) is 5.76 Å². The van der Waals surface area contributed by atoms with Crippen molar-refractivity contribution in [3.63, 3.8) is 0 Å². The first-order valence-corrected chi connectivity index (χ1v) is 6.55. The Kier molecular flexibility index (Phi) is 3.87. The van der Waals surface area contributed by atoms with Gasteiger partial charge in [0.05, 0.1) is 5.69 Å². The van der Waals surface area contributed by atoms with Crippen LogP contribution in [0.3, 0.4) is 0 Å². The number of anilines is 1. The molecular weight excluding hydrogens is 294 g/mol. The minimum Gasteiger partial charge on any atom is -0.456 e. The van der Waals surface area contributed by atoms with E-state index in [2.05, 4.69) is 21.2 Å². The van der Waals surface area contributed by atoms with Gasteiger partial charge < -0.3 is 9.73 Å². The van der Waals surface area contributed by atoms with Crippen molar-refractivity contribution in [3.05, 3.63) is 51.9 Å². The highest BCUT2D eigenvalue weighted by molar-refractivity contribution is 9.10. The Labute approximate surface area is 114 Å². The van der Waals surface area contributed by atoms with Crippen molar-refractivity contribution in [2.24, 2.45) is 0 Å². The fourth-order valence-corrected chi connectivity index (χ4v) is 2.19. The fourth-order valence-electron chi connectivity index (χ4n) is 1.60. The molecule has 0 fully saturated rings. The highest BCUT2D eigenvalue weighted by Crippen LogP contribution is 2.24. The van der Waals surface area contributed by atoms with Crippen LogP contribution in [-0.2, 0) is 6.42 Å². The molecule has 1 aromatic carbocycles. The predicted octanol–water partition coefficient (Wildman–Crippen LogP) is 4.17. The summed E-state index contributed by atoms with van der Waals surface area (Å²) in [6.45, 7) is 3.98. The first-order valence-electron chi connectivity index (χ1n) is 5.76. The lowest BCUT2D eigenvalue weighted by Crippen LogP contribution is -2.11. The highest BCUT2D eigenvalue weighted by Gasteiger charge is 2.12. The molecule has 0 saturated carbocycles. The van der Waals surface area contributed by atoms with Crippen LogP contribution in [0, 0.1) is 6.92 Å². The molecule has 0 spiro atoms. The number of hydrogen-bond donors (Lipinski definition) is 1. The summed E-state index contributed by atoms with van der Waals surface area (Å²) in [5.41, 5.74) is 1.87. The number of furan rings is 1. The molecule has 2 aromatic rings. The summed E-state index contributed by atoms with van der Waals surface area (Å²) in [5.74, 6) is 0.904. The first-order chi connectivity index (χ1) is 8.60. The van der Waals surface area contributed by atoms with Crippen molar-refractivity contribution in [1.29, 1.82) is 0 Å². The molecule has 3 nitrogen and oxygen atoms in total. The van der Waals surface area contributed by atoms with E-state index in [1.54, 1.807) is 6.07 Å². The maximum absolute atomic E-state index is 12.0. The van der Waals surface area contributed by atoms with E-state index in [4.69, 9.17) is 4.42 Å². The van der Waals surface area contributed by atoms with Gasteiger partial charge in [-0.05, 0) is 52.7 Å². The third kappa shape index (κ3) is 2.82. The number of halogens is 1. The van der Waals surface area contributed by atoms with Crippen LogP contribution >= 0.6 is 15.9 Å². The standard InChI is InChI=1S/C14H14BrNO2/c1-3-10-5-7-13(18-10)14(17)16-12-6-4-9(2)8-11(12)15/h4-8H,3H2,1-2H3,(H,16,17). The molecule has 1 heterocycles. The topological polar surface area (TPSA) is 42.2 Å². The SMILES string of the molecule is CCc1ccc(C(=O)Nc2ccc(C)cc2Br)o1. The van der Waals surface area contributed by atoms with Gasteiger partial charge in [-0.1, -0.05) is 13.0 Å². The molecule has 0 bridgehead atoms. The first kappa shape index (κ1) is 12.9. The van der Waals surface area contributed by atoms with Crippen LogP contribution < -0.4 is 5.32 Å². The molecular formula is C14H14BrNO2. The van der Waals surface area contributed by atoms with Gasteiger partial charge in [0.1, 0.15) is 5.76 Å². The number of carbonyl (C=O) groups excluding carboxylic acids is 1. The summed E-state index contributed by atoms with van der Waals surface area (Å²) < 4.78 is 6.26. The second-order valence-electron chi connectivity index (χ2n) is 4.06. The molecule has 18 heavy (non-hydrogen) atoms. The van der Waals surface area contributed by atoms with Crippen molar-refractivity contribution >= 4 is 27.5 Å². The molecule has 0 aliphatic carbocycles. The van der Waals surface area contributed by atoms with Crippen molar-refractivity contribution in [1.82, 2.24) is 0 Å². The van der Waals surface area contributed by atoms with Gasteiger partial charge in [-0.2, -0.15) is 0 Å². The van der Waals surface area contributed by atoms with Gasteiger partial charge in [-0.15, -0.1) is 0 Å². The lowest BCUT2D eigenvalue weighted by Gasteiger charge is -2.06. The van der Waals surface area contributed by atoms with Crippen molar-refractivity contribution in [2.75, 3.05) is 5.32 Å². The Morgan fingerprint density at radius 3 is 2.72 bits per heavy atom. The molecule has 1 amide bonds. The minimum absolute atomic E-state index is 0.237. The van der Waals surface area contributed by atoms with Gasteiger partial charge in [0.2, 0.25) is 0 Å². The zero-order valence-corrected chi connectivity index (χ0v) is 11.9. The molecule has 0 radical (unpaired) electrons. The average Bonchev–Trinajstić information content (AvgIpc) is 2.81. The molecule has 0 saturated heterocycles. The normalized spacial score (nSPS) is 10.4. The Bertz CT molecular complexity index is 575. The lowest BCUT2D eigenvalue weighted by atomic mass is 10.2. The highest BCUT2D eigenvalue weighted by atomic mass is 79.9. The van der Waals surface area contributed by atoms with Crippen LogP contribution in [0.1, 0.15) is 28.8 Å². The Hall–Kier alpha value is -1.55. The van der Waals surface area contributed by atoms with E-state index >= 15 is 0 Å². The summed E-state index contributed by atoms with van der Waals surface area (Å²) in [7, 11) is 0. The number of benzene rings is 1. The van der Waals surface area contributed by atoms with Crippen LogP contribution in [0.5, 0.6) is 0 Å². The predicted molar refractivity (Wildman–Crippen MR) is 74.9 cm³/mol. The summed E-state index contributed by atoms with van der Waals surface area (Å²) >= 11 is 3.42. The van der Waals surface area contributed by atoms with Crippen molar-refractivity contribution in [2.45, 2.75) is 20.3 Å². The Morgan fingerprint density at radius 1 is 1.33 bits per heavy atom. The van der Waals surface area contributed by atoms with Gasteiger partial charge >= 0.3 is 0 Å². The number of nitrogens with one attached hydrogen (secondary N) is 1. The third-order valence-corrected chi connectivity index (χ3v) is 3.26. The monoisotopic (exact) mass is 307 g/mol. The van der Waals surface area contributed by atoms with Gasteiger partial charge in [0.25, 0.3) is 5.91 Å². The zero-order chi connectivity index (χ0) is 13.1. The largest absolute Gasteiger partial charge is 0.456 e. The lowest BCUT2D eigenvalue weighted by molar-refractivity contribution is 0.0995. The quantitative estimate of drug-likeness (QED) is 0.925. The second-order valence-corrected chi connectivity index (χ2v) is 4.91. The molecule has 1 aromatic heterocycles. The Morgan fingerprint density at radius 2 is 2.11 bits per heavy atom. The molecule has 0 aliphatic heterocycles. The summed E-state index contributed by atoms with van der Waals surface area (Å²) in [5, 5.41) is 2.81. The number of amides is 1. The van der Waals surface area contributed by atoms with Crippen LogP contribution in [0.25, 0.3) is 0 Å². The van der Waals surface area contributed by atoms with E-state index in [1.165, 1.54) is 0 Å². The smallest absolute Gasteiger partial charge is 0.291 e. The van der Waals surface area contributed by atoms with E-state index in [0.29, 0.717) is 5.76 Å². The number of hydrogen-bond acceptors (Lipinski definition) is 2. The van der Waals surface area contributed by atoms with Gasteiger partial charge in [-0.3, -0.25) is 4.79 Å². The summed E-state index contributed by atoms with van der Waals surface area (Å²) in [4.78, 5) is 12.0. The van der Waals surface area contributed by atoms with Gasteiger partial charge in [-0.25, -0.2) is 0 Å². The molecule has 94 valence electrons. The average molecular weight is 308 g/mol. The van der Waals surface area contributed by atoms with Crippen LogP contribution in [0.4, 0.5) is 5.69 Å². The molecule has 4 heteroatoms. The van der Waals surface area contributed by atoms with Crippen LogP contribution in [0.2, 0.25) is 0 Å². The summed E-state index contributed by atoms with van der Waals surface area (Å²) in [6.07, 6.45) is 0.779. The fraction of sp³-hybridized carbons (Fsp3) is 0.214. The molecule has 2 rings (SSSR count). The molecule has 0 unspecified atom stereocenters. The van der Waals surface area contributed by atoms with E-state index in [-0.39, 0.29) is 5.91 Å². The zero-order valence-electron chi connectivity index (χ0n) is 10.3. The number of aryl methyl sites for hydroxylation is 2. The van der Waals surface area contributed by atoms with Crippen LogP contribution in [0.15, 0.2) is 39.2 Å². The molecule has 0 atom stereocenters. The number of carbonyl (C=O) groups is 1. The minimum atomic E-state index is -0.237. The number of rotatable bonds is 3. The maximum Gasteiger partial charge on any atom is 0.291 e. The third-order valence-electron chi connectivity index (χ3n) is 2.61. The second kappa shape index (κ2) is 5.40. The van der Waals surface area contributed by atoms with Crippen molar-refractivity contribution < 1.29 is 9.21 Å². The summed E-state index contributed by atoms with van der Waals surface area (Å²) in [6, 6.07) is 9.27. The van der Waals surface area contributed by atoms with E-state index in [1.807, 2.05) is 38.1 Å². The van der Waals surface area contributed by atoms with E-state index in [9.17, 15) is 4.79 Å². The van der Waals surface area contributed by atoms with Gasteiger partial charge in [0, 0.05) is 10.9 Å². The molecule has 0 aliphatic rings. The van der Waals surface area contributed by atoms with Crippen molar-refractivity contribution in [3.8, 4) is 0 Å².